The van der Waals surface area contributed by atoms with Crippen molar-refractivity contribution in [3.8, 4) is 0 Å². The molecule has 0 saturated carbocycles. The van der Waals surface area contributed by atoms with E-state index in [2.05, 4.69) is 37.2 Å². The van der Waals surface area contributed by atoms with E-state index in [1.165, 1.54) is 0 Å². The van der Waals surface area contributed by atoms with E-state index in [-0.39, 0.29) is 0 Å². The first-order chi connectivity index (χ1) is 8.28. The second-order valence-electron chi connectivity index (χ2n) is 4.25. The van der Waals surface area contributed by atoms with Crippen molar-refractivity contribution in [1.82, 2.24) is 15.2 Å². The van der Waals surface area contributed by atoms with E-state index in [1.54, 1.807) is 0 Å². The topological polar surface area (TPSA) is 37.4 Å². The minimum absolute atomic E-state index is 0.296. The molecule has 94 valence electrons. The third-order valence-electron chi connectivity index (χ3n) is 2.83. The molecule has 2 heterocycles. The molecule has 1 aliphatic heterocycles. The highest BCUT2D eigenvalue weighted by Gasteiger charge is 2.19. The van der Waals surface area contributed by atoms with Crippen molar-refractivity contribution in [2.24, 2.45) is 0 Å². The van der Waals surface area contributed by atoms with Crippen molar-refractivity contribution < 1.29 is 4.74 Å². The Morgan fingerprint density at radius 3 is 3.18 bits per heavy atom. The normalized spacial score (nSPS) is 21.6. The standard InChI is InChI=1S/C12H18BrN3O/c1-14-7-12-9-16(4-5-17-12)8-11-3-2-10(13)6-15-11/h2-3,6,12,14H,4-5,7-9H2,1H3. The number of hydrogen-bond acceptors (Lipinski definition) is 4. The van der Waals surface area contributed by atoms with Crippen LogP contribution in [-0.2, 0) is 11.3 Å². The van der Waals surface area contributed by atoms with E-state index in [4.69, 9.17) is 4.74 Å². The van der Waals surface area contributed by atoms with E-state index < -0.39 is 0 Å². The number of morpholine rings is 1. The Kier molecular flexibility index (Phi) is 4.91. The van der Waals surface area contributed by atoms with Crippen LogP contribution in [0.3, 0.4) is 0 Å². The third-order valence-corrected chi connectivity index (χ3v) is 3.30. The Morgan fingerprint density at radius 2 is 2.47 bits per heavy atom. The summed E-state index contributed by atoms with van der Waals surface area (Å²) in [6.07, 6.45) is 2.14. The van der Waals surface area contributed by atoms with Gasteiger partial charge in [-0.25, -0.2) is 0 Å². The zero-order chi connectivity index (χ0) is 12.1. The zero-order valence-corrected chi connectivity index (χ0v) is 11.6. The summed E-state index contributed by atoms with van der Waals surface area (Å²) in [5, 5.41) is 3.16. The van der Waals surface area contributed by atoms with Crippen LogP contribution in [0, 0.1) is 0 Å². The molecule has 2 rings (SSSR count). The molecule has 1 saturated heterocycles. The fraction of sp³-hybridized carbons (Fsp3) is 0.583. The highest BCUT2D eigenvalue weighted by atomic mass is 79.9. The summed E-state index contributed by atoms with van der Waals surface area (Å²) in [5.74, 6) is 0. The highest BCUT2D eigenvalue weighted by Crippen LogP contribution is 2.11. The molecule has 1 aromatic heterocycles. The van der Waals surface area contributed by atoms with Crippen LogP contribution in [0.2, 0.25) is 0 Å². The van der Waals surface area contributed by atoms with Gasteiger partial charge in [0.05, 0.1) is 18.4 Å². The number of nitrogens with one attached hydrogen (secondary N) is 1. The first kappa shape index (κ1) is 13.0. The van der Waals surface area contributed by atoms with Crippen LogP contribution >= 0.6 is 15.9 Å². The molecule has 1 N–H and O–H groups in total. The average molecular weight is 300 g/mol. The van der Waals surface area contributed by atoms with E-state index in [0.717, 1.165) is 43.0 Å². The van der Waals surface area contributed by atoms with Crippen LogP contribution in [-0.4, -0.2) is 49.3 Å². The predicted molar refractivity (Wildman–Crippen MR) is 70.9 cm³/mol. The molecule has 0 bridgehead atoms. The summed E-state index contributed by atoms with van der Waals surface area (Å²) < 4.78 is 6.70. The number of ether oxygens (including phenoxy) is 1. The van der Waals surface area contributed by atoms with Crippen molar-refractivity contribution in [2.45, 2.75) is 12.6 Å². The lowest BCUT2D eigenvalue weighted by Crippen LogP contribution is -2.45. The van der Waals surface area contributed by atoms with Gasteiger partial charge in [0.15, 0.2) is 0 Å². The first-order valence-electron chi connectivity index (χ1n) is 5.87. The number of halogens is 1. The second-order valence-corrected chi connectivity index (χ2v) is 5.17. The van der Waals surface area contributed by atoms with Crippen LogP contribution in [0.5, 0.6) is 0 Å². The molecule has 0 spiro atoms. The molecular formula is C12H18BrN3O. The maximum absolute atomic E-state index is 5.67. The lowest BCUT2D eigenvalue weighted by molar-refractivity contribution is -0.0294. The molecular weight excluding hydrogens is 282 g/mol. The van der Waals surface area contributed by atoms with Crippen LogP contribution in [0.15, 0.2) is 22.8 Å². The average Bonchev–Trinajstić information content (AvgIpc) is 2.33. The summed E-state index contributed by atoms with van der Waals surface area (Å²) in [4.78, 5) is 6.79. The maximum atomic E-state index is 5.67. The lowest BCUT2D eigenvalue weighted by Gasteiger charge is -2.32. The van der Waals surface area contributed by atoms with Gasteiger partial charge in [-0.05, 0) is 35.1 Å². The maximum Gasteiger partial charge on any atom is 0.0826 e. The van der Waals surface area contributed by atoms with E-state index >= 15 is 0 Å². The van der Waals surface area contributed by atoms with Crippen LogP contribution in [0.4, 0.5) is 0 Å². The number of aromatic nitrogens is 1. The van der Waals surface area contributed by atoms with Gasteiger partial charge < -0.3 is 10.1 Å². The molecule has 1 aliphatic rings. The van der Waals surface area contributed by atoms with Crippen LogP contribution < -0.4 is 5.32 Å². The minimum atomic E-state index is 0.296. The Bertz CT molecular complexity index is 342. The molecule has 5 heteroatoms. The first-order valence-corrected chi connectivity index (χ1v) is 6.66. The van der Waals surface area contributed by atoms with Gasteiger partial charge in [0, 0.05) is 36.8 Å². The Labute approximate surface area is 110 Å². The Balaban J connectivity index is 1.87. The van der Waals surface area contributed by atoms with Gasteiger partial charge in [0.2, 0.25) is 0 Å². The summed E-state index contributed by atoms with van der Waals surface area (Å²) in [5.41, 5.74) is 1.11. The quantitative estimate of drug-likeness (QED) is 0.908. The second kappa shape index (κ2) is 6.44. The van der Waals surface area contributed by atoms with Gasteiger partial charge in [0.1, 0.15) is 0 Å². The predicted octanol–water partition coefficient (Wildman–Crippen LogP) is 1.26. The monoisotopic (exact) mass is 299 g/mol. The molecule has 1 aromatic rings. The molecule has 4 nitrogen and oxygen atoms in total. The lowest BCUT2D eigenvalue weighted by atomic mass is 10.2. The molecule has 1 unspecified atom stereocenters. The van der Waals surface area contributed by atoms with Gasteiger partial charge in [-0.3, -0.25) is 9.88 Å². The summed E-state index contributed by atoms with van der Waals surface area (Å²) in [7, 11) is 1.96. The summed E-state index contributed by atoms with van der Waals surface area (Å²) in [6, 6.07) is 4.10. The molecule has 17 heavy (non-hydrogen) atoms. The van der Waals surface area contributed by atoms with Gasteiger partial charge in [-0.1, -0.05) is 0 Å². The Hall–Kier alpha value is -0.490. The van der Waals surface area contributed by atoms with Crippen molar-refractivity contribution in [3.63, 3.8) is 0 Å². The number of pyridine rings is 1. The Morgan fingerprint density at radius 1 is 1.59 bits per heavy atom. The smallest absolute Gasteiger partial charge is 0.0826 e. The SMILES string of the molecule is CNCC1CN(Cc2ccc(Br)cn2)CCO1. The van der Waals surface area contributed by atoms with Gasteiger partial charge in [0.25, 0.3) is 0 Å². The van der Waals surface area contributed by atoms with Crippen LogP contribution in [0.1, 0.15) is 5.69 Å². The molecule has 0 aromatic carbocycles. The van der Waals surface area contributed by atoms with Gasteiger partial charge in [-0.15, -0.1) is 0 Å². The molecule has 0 amide bonds. The number of hydrogen-bond donors (Lipinski definition) is 1. The summed E-state index contributed by atoms with van der Waals surface area (Å²) in [6.45, 7) is 4.57. The van der Waals surface area contributed by atoms with Gasteiger partial charge in [-0.2, -0.15) is 0 Å². The third kappa shape index (κ3) is 4.03. The molecule has 1 fully saturated rings. The van der Waals surface area contributed by atoms with E-state index in [9.17, 15) is 0 Å². The number of rotatable bonds is 4. The minimum Gasteiger partial charge on any atom is -0.374 e. The van der Waals surface area contributed by atoms with Crippen molar-refractivity contribution in [1.29, 1.82) is 0 Å². The molecule has 0 aliphatic carbocycles. The molecule has 1 atom stereocenters. The fourth-order valence-electron chi connectivity index (χ4n) is 2.00. The fourth-order valence-corrected chi connectivity index (χ4v) is 2.24. The number of nitrogens with zero attached hydrogens (tertiary/aromatic N) is 2. The highest BCUT2D eigenvalue weighted by molar-refractivity contribution is 9.10. The molecule has 0 radical (unpaired) electrons. The number of likely N-dealkylation sites (N-methyl/N-ethyl adjacent to an activating group) is 1. The summed E-state index contributed by atoms with van der Waals surface area (Å²) >= 11 is 3.40. The van der Waals surface area contributed by atoms with E-state index in [1.807, 2.05) is 19.3 Å². The van der Waals surface area contributed by atoms with Crippen molar-refractivity contribution in [3.05, 3.63) is 28.5 Å². The van der Waals surface area contributed by atoms with E-state index in [0.29, 0.717) is 6.10 Å². The van der Waals surface area contributed by atoms with Crippen molar-refractivity contribution >= 4 is 15.9 Å². The van der Waals surface area contributed by atoms with Crippen LogP contribution in [0.25, 0.3) is 0 Å². The largest absolute Gasteiger partial charge is 0.374 e. The van der Waals surface area contributed by atoms with Crippen molar-refractivity contribution in [2.75, 3.05) is 33.3 Å². The van der Waals surface area contributed by atoms with Gasteiger partial charge >= 0.3 is 0 Å². The zero-order valence-electron chi connectivity index (χ0n) is 10.0.